The van der Waals surface area contributed by atoms with Crippen molar-refractivity contribution in [2.24, 2.45) is 0 Å². The number of nitrogens with one attached hydrogen (secondary N) is 1. The third-order valence-electron chi connectivity index (χ3n) is 4.55. The summed E-state index contributed by atoms with van der Waals surface area (Å²) < 4.78 is 10.4. The fourth-order valence-electron chi connectivity index (χ4n) is 3.16. The number of amides is 2. The van der Waals surface area contributed by atoms with E-state index in [0.29, 0.717) is 34.6 Å². The first-order valence-corrected chi connectivity index (χ1v) is 9.44. The maximum absolute atomic E-state index is 12.1. The highest BCUT2D eigenvalue weighted by Gasteiger charge is 2.21. The summed E-state index contributed by atoms with van der Waals surface area (Å²) in [6.45, 7) is 0.248. The quantitative estimate of drug-likeness (QED) is 0.639. The van der Waals surface area contributed by atoms with Crippen molar-refractivity contribution >= 4 is 51.7 Å². The number of anilines is 2. The van der Waals surface area contributed by atoms with E-state index < -0.39 is 18.5 Å². The highest BCUT2D eigenvalue weighted by Crippen LogP contribution is 2.24. The van der Waals surface area contributed by atoms with Gasteiger partial charge in [0.1, 0.15) is 5.58 Å². The molecule has 0 bridgehead atoms. The van der Waals surface area contributed by atoms with Gasteiger partial charge in [0.05, 0.1) is 0 Å². The number of carbonyl (C=O) groups excluding carboxylic acids is 3. The van der Waals surface area contributed by atoms with Gasteiger partial charge >= 0.3 is 5.97 Å². The lowest BCUT2D eigenvalue weighted by atomic mass is 10.2. The van der Waals surface area contributed by atoms with Gasteiger partial charge in [-0.15, -0.1) is 0 Å². The Morgan fingerprint density at radius 3 is 2.66 bits per heavy atom. The van der Waals surface area contributed by atoms with Crippen molar-refractivity contribution in [1.82, 2.24) is 0 Å². The van der Waals surface area contributed by atoms with Gasteiger partial charge in [-0.05, 0) is 55.0 Å². The van der Waals surface area contributed by atoms with E-state index in [1.807, 2.05) is 0 Å². The molecule has 0 radical (unpaired) electrons. The molecule has 1 aliphatic heterocycles. The second-order valence-electron chi connectivity index (χ2n) is 6.61. The lowest BCUT2D eigenvalue weighted by molar-refractivity contribution is -0.119. The Morgan fingerprint density at radius 1 is 1.14 bits per heavy atom. The molecule has 1 N–H and O–H groups in total. The van der Waals surface area contributed by atoms with Gasteiger partial charge in [0.15, 0.2) is 6.61 Å². The standard InChI is InChI=1S/C21H17ClN2O5/c22-14-3-8-17-13(10-14)11-18(29-17)21(27)28-12-19(25)23-15-4-6-16(7-5-15)24-9-1-2-20(24)26/h3-8,10-11H,1-2,9,12H2,(H,23,25). The summed E-state index contributed by atoms with van der Waals surface area (Å²) in [5, 5.41) is 3.84. The number of ether oxygens (including phenoxy) is 1. The minimum atomic E-state index is -0.740. The van der Waals surface area contributed by atoms with Crippen molar-refractivity contribution < 1.29 is 23.5 Å². The Balaban J connectivity index is 1.32. The van der Waals surface area contributed by atoms with Crippen LogP contribution in [0.3, 0.4) is 0 Å². The van der Waals surface area contributed by atoms with E-state index in [1.54, 1.807) is 47.4 Å². The zero-order valence-corrected chi connectivity index (χ0v) is 16.1. The number of hydrogen-bond acceptors (Lipinski definition) is 5. The van der Waals surface area contributed by atoms with Crippen LogP contribution in [0, 0.1) is 0 Å². The third kappa shape index (κ3) is 4.25. The fourth-order valence-corrected chi connectivity index (χ4v) is 3.34. The molecule has 0 aliphatic carbocycles. The van der Waals surface area contributed by atoms with Crippen molar-refractivity contribution in [3.8, 4) is 0 Å². The fraction of sp³-hybridized carbons (Fsp3) is 0.190. The number of fused-ring (bicyclic) bond motifs is 1. The summed E-state index contributed by atoms with van der Waals surface area (Å²) in [4.78, 5) is 37.7. The molecule has 1 fully saturated rings. The molecular weight excluding hydrogens is 396 g/mol. The first-order valence-electron chi connectivity index (χ1n) is 9.06. The van der Waals surface area contributed by atoms with Gasteiger partial charge < -0.3 is 19.4 Å². The van der Waals surface area contributed by atoms with Crippen LogP contribution in [0.25, 0.3) is 11.0 Å². The molecule has 0 atom stereocenters. The molecule has 0 spiro atoms. The Morgan fingerprint density at radius 2 is 1.93 bits per heavy atom. The number of furan rings is 1. The second kappa shape index (κ2) is 7.97. The maximum atomic E-state index is 12.1. The van der Waals surface area contributed by atoms with Crippen LogP contribution in [0.5, 0.6) is 0 Å². The van der Waals surface area contributed by atoms with Gasteiger partial charge in [-0.2, -0.15) is 0 Å². The van der Waals surface area contributed by atoms with Crippen LogP contribution >= 0.6 is 11.6 Å². The molecule has 1 saturated heterocycles. The van der Waals surface area contributed by atoms with Crippen LogP contribution in [0.2, 0.25) is 5.02 Å². The van der Waals surface area contributed by atoms with Crippen molar-refractivity contribution in [3.05, 3.63) is 59.3 Å². The molecule has 2 heterocycles. The Labute approximate surface area is 171 Å². The third-order valence-corrected chi connectivity index (χ3v) is 4.79. The van der Waals surface area contributed by atoms with Crippen molar-refractivity contribution in [3.63, 3.8) is 0 Å². The molecule has 29 heavy (non-hydrogen) atoms. The molecule has 2 aromatic carbocycles. The zero-order valence-electron chi connectivity index (χ0n) is 15.3. The van der Waals surface area contributed by atoms with Crippen LogP contribution in [-0.2, 0) is 14.3 Å². The number of nitrogens with zero attached hydrogens (tertiary/aromatic N) is 1. The largest absolute Gasteiger partial charge is 0.450 e. The monoisotopic (exact) mass is 412 g/mol. The molecular formula is C21H17ClN2O5. The predicted octanol–water partition coefficient (Wildman–Crippen LogP) is 4.01. The van der Waals surface area contributed by atoms with Crippen molar-refractivity contribution in [2.75, 3.05) is 23.4 Å². The molecule has 4 rings (SSSR count). The van der Waals surface area contributed by atoms with Crippen molar-refractivity contribution in [1.29, 1.82) is 0 Å². The summed E-state index contributed by atoms with van der Waals surface area (Å²) >= 11 is 5.91. The molecule has 8 heteroatoms. The highest BCUT2D eigenvalue weighted by molar-refractivity contribution is 6.31. The predicted molar refractivity (Wildman–Crippen MR) is 108 cm³/mol. The van der Waals surface area contributed by atoms with E-state index in [-0.39, 0.29) is 11.7 Å². The molecule has 7 nitrogen and oxygen atoms in total. The average Bonchev–Trinajstić information content (AvgIpc) is 3.32. The molecule has 0 saturated carbocycles. The van der Waals surface area contributed by atoms with Crippen LogP contribution in [0.1, 0.15) is 23.4 Å². The number of esters is 1. The van der Waals surface area contributed by atoms with E-state index in [0.717, 1.165) is 12.1 Å². The molecule has 1 aromatic heterocycles. The van der Waals surface area contributed by atoms with Crippen LogP contribution in [0.4, 0.5) is 11.4 Å². The summed E-state index contributed by atoms with van der Waals surface area (Å²) in [7, 11) is 0. The van der Waals surface area contributed by atoms with E-state index in [4.69, 9.17) is 20.8 Å². The van der Waals surface area contributed by atoms with Gasteiger partial charge in [0, 0.05) is 34.7 Å². The number of hydrogen-bond donors (Lipinski definition) is 1. The van der Waals surface area contributed by atoms with Gasteiger partial charge in [0.2, 0.25) is 11.7 Å². The van der Waals surface area contributed by atoms with Gasteiger partial charge in [-0.1, -0.05) is 11.6 Å². The number of benzene rings is 2. The van der Waals surface area contributed by atoms with E-state index >= 15 is 0 Å². The zero-order chi connectivity index (χ0) is 20.4. The minimum absolute atomic E-state index is 0.00491. The van der Waals surface area contributed by atoms with E-state index in [1.165, 1.54) is 6.07 Å². The van der Waals surface area contributed by atoms with E-state index in [9.17, 15) is 14.4 Å². The maximum Gasteiger partial charge on any atom is 0.374 e. The van der Waals surface area contributed by atoms with Crippen LogP contribution in [-0.4, -0.2) is 30.9 Å². The first-order chi connectivity index (χ1) is 14.0. The lowest BCUT2D eigenvalue weighted by Gasteiger charge is -2.16. The summed E-state index contributed by atoms with van der Waals surface area (Å²) in [5.74, 6) is -1.13. The highest BCUT2D eigenvalue weighted by atomic mass is 35.5. The smallest absolute Gasteiger partial charge is 0.374 e. The second-order valence-corrected chi connectivity index (χ2v) is 7.05. The molecule has 148 valence electrons. The normalized spacial score (nSPS) is 13.7. The summed E-state index contributed by atoms with van der Waals surface area (Å²) in [6.07, 6.45) is 1.41. The number of rotatable bonds is 5. The Hall–Kier alpha value is -3.32. The van der Waals surface area contributed by atoms with Crippen LogP contribution < -0.4 is 10.2 Å². The molecule has 3 aromatic rings. The molecule has 0 unspecified atom stereocenters. The topological polar surface area (TPSA) is 88.8 Å². The average molecular weight is 413 g/mol. The number of carbonyl (C=O) groups is 3. The minimum Gasteiger partial charge on any atom is -0.450 e. The lowest BCUT2D eigenvalue weighted by Crippen LogP contribution is -2.23. The van der Waals surface area contributed by atoms with Gasteiger partial charge in [0.25, 0.3) is 5.91 Å². The Kier molecular flexibility index (Phi) is 5.22. The Bertz CT molecular complexity index is 1090. The molecule has 2 amide bonds. The van der Waals surface area contributed by atoms with Crippen LogP contribution in [0.15, 0.2) is 52.9 Å². The summed E-state index contributed by atoms with van der Waals surface area (Å²) in [5.41, 5.74) is 1.84. The first kappa shape index (κ1) is 19.0. The van der Waals surface area contributed by atoms with E-state index in [2.05, 4.69) is 5.32 Å². The van der Waals surface area contributed by atoms with Crippen molar-refractivity contribution in [2.45, 2.75) is 12.8 Å². The van der Waals surface area contributed by atoms with Gasteiger partial charge in [-0.3, -0.25) is 9.59 Å². The van der Waals surface area contributed by atoms with Gasteiger partial charge in [-0.25, -0.2) is 4.79 Å². The number of halogens is 1. The summed E-state index contributed by atoms with van der Waals surface area (Å²) in [6, 6.07) is 13.4. The SMILES string of the molecule is O=C(COC(=O)c1cc2cc(Cl)ccc2o1)Nc1ccc(N2CCCC2=O)cc1. The molecule has 1 aliphatic rings.